The highest BCUT2D eigenvalue weighted by molar-refractivity contribution is 5.65. The molecule has 0 aliphatic heterocycles. The van der Waals surface area contributed by atoms with Crippen LogP contribution in [0.2, 0.25) is 0 Å². The van der Waals surface area contributed by atoms with Crippen molar-refractivity contribution in [3.05, 3.63) is 47.3 Å². The lowest BCUT2D eigenvalue weighted by atomic mass is 10.1. The normalized spacial score (nSPS) is 13.4. The summed E-state index contributed by atoms with van der Waals surface area (Å²) >= 11 is 0. The summed E-state index contributed by atoms with van der Waals surface area (Å²) in [6.07, 6.45) is 2.65. The van der Waals surface area contributed by atoms with E-state index in [1.165, 1.54) is 0 Å². The summed E-state index contributed by atoms with van der Waals surface area (Å²) in [5.41, 5.74) is 10.9. The van der Waals surface area contributed by atoms with Crippen molar-refractivity contribution < 1.29 is 4.74 Å². The highest BCUT2D eigenvalue weighted by Gasteiger charge is 2.19. The van der Waals surface area contributed by atoms with Crippen LogP contribution in [0.5, 0.6) is 5.75 Å². The predicted octanol–water partition coefficient (Wildman–Crippen LogP) is 4.25. The van der Waals surface area contributed by atoms with Gasteiger partial charge < -0.3 is 15.8 Å². The zero-order chi connectivity index (χ0) is 17.0. The lowest BCUT2D eigenvalue weighted by molar-refractivity contribution is 0.193. The molecule has 2 aromatic rings. The second-order valence-electron chi connectivity index (χ2n) is 6.12. The Balaban J connectivity index is 2.15. The third-order valence-corrected chi connectivity index (χ3v) is 4.13. The summed E-state index contributed by atoms with van der Waals surface area (Å²) in [5.74, 6) is 0.971. The monoisotopic (exact) mass is 313 g/mol. The Kier molecular flexibility index (Phi) is 5.48. The van der Waals surface area contributed by atoms with Crippen molar-refractivity contribution >= 4 is 11.4 Å². The van der Waals surface area contributed by atoms with Crippen LogP contribution in [0.15, 0.2) is 30.5 Å². The first-order valence-corrected chi connectivity index (χ1v) is 8.14. The van der Waals surface area contributed by atoms with Gasteiger partial charge in [0.1, 0.15) is 11.9 Å². The molecule has 2 rings (SSSR count). The van der Waals surface area contributed by atoms with Crippen molar-refractivity contribution in [2.45, 2.75) is 53.2 Å². The number of benzene rings is 1. The minimum Gasteiger partial charge on any atom is -0.488 e. The summed E-state index contributed by atoms with van der Waals surface area (Å²) in [7, 11) is 0. The molecule has 0 saturated carbocycles. The number of ether oxygens (including phenoxy) is 1. The molecule has 1 aromatic heterocycles. The predicted molar refractivity (Wildman–Crippen MR) is 97.1 cm³/mol. The molecular weight excluding hydrogens is 286 g/mol. The van der Waals surface area contributed by atoms with Crippen molar-refractivity contribution in [1.82, 2.24) is 4.98 Å². The minimum atomic E-state index is 0.0210. The molecule has 2 unspecified atom stereocenters. The first-order valence-electron chi connectivity index (χ1n) is 8.14. The fraction of sp³-hybridized carbons (Fsp3) is 0.421. The molecule has 23 heavy (non-hydrogen) atoms. The minimum absolute atomic E-state index is 0.0210. The average Bonchev–Trinajstić information content (AvgIpc) is 2.51. The van der Waals surface area contributed by atoms with Gasteiger partial charge in [-0.1, -0.05) is 25.1 Å². The standard InChI is InChI=1S/C19H27N3O/c1-6-17(22-18-10-14(4)21-11-16(18)20)15(5)23-19-12(2)8-7-9-13(19)3/h7-11,15,17H,6,20H2,1-5H3,(H,21,22). The Morgan fingerprint density at radius 2 is 1.87 bits per heavy atom. The number of para-hydroxylation sites is 1. The van der Waals surface area contributed by atoms with Crippen molar-refractivity contribution in [2.24, 2.45) is 0 Å². The molecule has 0 aliphatic rings. The van der Waals surface area contributed by atoms with Crippen LogP contribution in [-0.4, -0.2) is 17.1 Å². The van der Waals surface area contributed by atoms with E-state index >= 15 is 0 Å². The fourth-order valence-electron chi connectivity index (χ4n) is 2.70. The Hall–Kier alpha value is -2.23. The molecule has 0 saturated heterocycles. The molecule has 1 aromatic carbocycles. The van der Waals surface area contributed by atoms with Crippen molar-refractivity contribution in [2.75, 3.05) is 11.1 Å². The quantitative estimate of drug-likeness (QED) is 0.837. The molecule has 4 nitrogen and oxygen atoms in total. The van der Waals surface area contributed by atoms with E-state index in [0.717, 1.165) is 34.7 Å². The van der Waals surface area contributed by atoms with Gasteiger partial charge in [0.05, 0.1) is 23.6 Å². The summed E-state index contributed by atoms with van der Waals surface area (Å²) in [4.78, 5) is 4.21. The fourth-order valence-corrected chi connectivity index (χ4v) is 2.70. The lowest BCUT2D eigenvalue weighted by Crippen LogP contribution is -2.35. The van der Waals surface area contributed by atoms with Gasteiger partial charge in [0.2, 0.25) is 0 Å². The van der Waals surface area contributed by atoms with E-state index in [9.17, 15) is 0 Å². The number of nitrogens with two attached hydrogens (primary N) is 1. The third kappa shape index (κ3) is 4.15. The van der Waals surface area contributed by atoms with Gasteiger partial charge >= 0.3 is 0 Å². The van der Waals surface area contributed by atoms with E-state index in [1.807, 2.05) is 13.0 Å². The van der Waals surface area contributed by atoms with Crippen LogP contribution in [0, 0.1) is 20.8 Å². The number of hydrogen-bond acceptors (Lipinski definition) is 4. The van der Waals surface area contributed by atoms with E-state index in [4.69, 9.17) is 10.5 Å². The number of nitrogens with one attached hydrogen (secondary N) is 1. The first kappa shape index (κ1) is 17.1. The van der Waals surface area contributed by atoms with Crippen molar-refractivity contribution in [3.8, 4) is 5.75 Å². The Morgan fingerprint density at radius 3 is 2.48 bits per heavy atom. The zero-order valence-corrected chi connectivity index (χ0v) is 14.7. The van der Waals surface area contributed by atoms with Gasteiger partial charge in [-0.2, -0.15) is 0 Å². The molecular formula is C19H27N3O. The van der Waals surface area contributed by atoms with Crippen LogP contribution in [0.3, 0.4) is 0 Å². The van der Waals surface area contributed by atoms with Crippen LogP contribution < -0.4 is 15.8 Å². The van der Waals surface area contributed by atoms with Gasteiger partial charge in [-0.15, -0.1) is 0 Å². The molecule has 0 radical (unpaired) electrons. The van der Waals surface area contributed by atoms with Crippen LogP contribution in [0.25, 0.3) is 0 Å². The number of hydrogen-bond donors (Lipinski definition) is 2. The number of nitrogens with zero attached hydrogens (tertiary/aromatic N) is 1. The maximum absolute atomic E-state index is 6.25. The number of aryl methyl sites for hydroxylation is 3. The van der Waals surface area contributed by atoms with Crippen molar-refractivity contribution in [3.63, 3.8) is 0 Å². The number of nitrogen functional groups attached to an aromatic ring is 1. The number of aromatic nitrogens is 1. The Bertz CT molecular complexity index is 649. The molecule has 0 fully saturated rings. The third-order valence-electron chi connectivity index (χ3n) is 4.13. The highest BCUT2D eigenvalue weighted by Crippen LogP contribution is 2.26. The second-order valence-corrected chi connectivity index (χ2v) is 6.12. The summed E-state index contributed by atoms with van der Waals surface area (Å²) in [6.45, 7) is 10.4. The van der Waals surface area contributed by atoms with Gasteiger partial charge in [0, 0.05) is 5.69 Å². The van der Waals surface area contributed by atoms with Gasteiger partial charge in [0.25, 0.3) is 0 Å². The van der Waals surface area contributed by atoms with Gasteiger partial charge in [-0.3, -0.25) is 4.98 Å². The molecule has 0 aliphatic carbocycles. The van der Waals surface area contributed by atoms with Gasteiger partial charge in [0.15, 0.2) is 0 Å². The maximum atomic E-state index is 6.25. The Labute approximate surface area is 139 Å². The Morgan fingerprint density at radius 1 is 1.22 bits per heavy atom. The number of anilines is 2. The van der Waals surface area contributed by atoms with Crippen molar-refractivity contribution in [1.29, 1.82) is 0 Å². The molecule has 124 valence electrons. The van der Waals surface area contributed by atoms with E-state index in [-0.39, 0.29) is 12.1 Å². The second kappa shape index (κ2) is 7.36. The SMILES string of the molecule is CCC(Nc1cc(C)ncc1N)C(C)Oc1c(C)cccc1C. The van der Waals surface area contributed by atoms with E-state index in [1.54, 1.807) is 6.20 Å². The molecule has 2 atom stereocenters. The summed E-state index contributed by atoms with van der Waals surface area (Å²) < 4.78 is 6.25. The molecule has 4 heteroatoms. The smallest absolute Gasteiger partial charge is 0.125 e. The maximum Gasteiger partial charge on any atom is 0.125 e. The molecule has 3 N–H and O–H groups in total. The van der Waals surface area contributed by atoms with Gasteiger partial charge in [-0.05, 0) is 51.3 Å². The van der Waals surface area contributed by atoms with E-state index < -0.39 is 0 Å². The largest absolute Gasteiger partial charge is 0.488 e. The molecule has 0 spiro atoms. The van der Waals surface area contributed by atoms with Crippen LogP contribution >= 0.6 is 0 Å². The highest BCUT2D eigenvalue weighted by atomic mass is 16.5. The van der Waals surface area contributed by atoms with Crippen LogP contribution in [-0.2, 0) is 0 Å². The molecule has 0 bridgehead atoms. The topological polar surface area (TPSA) is 60.2 Å². The summed E-state index contributed by atoms with van der Waals surface area (Å²) in [6, 6.07) is 8.35. The van der Waals surface area contributed by atoms with Gasteiger partial charge in [-0.25, -0.2) is 0 Å². The number of pyridine rings is 1. The number of rotatable bonds is 6. The molecule has 1 heterocycles. The van der Waals surface area contributed by atoms with Crippen LogP contribution in [0.4, 0.5) is 11.4 Å². The lowest BCUT2D eigenvalue weighted by Gasteiger charge is -2.27. The summed E-state index contributed by atoms with van der Waals surface area (Å²) in [5, 5.41) is 3.51. The van der Waals surface area contributed by atoms with E-state index in [0.29, 0.717) is 5.69 Å². The van der Waals surface area contributed by atoms with E-state index in [2.05, 4.69) is 56.2 Å². The average molecular weight is 313 g/mol. The first-order chi connectivity index (χ1) is 10.9. The van der Waals surface area contributed by atoms with Crippen LogP contribution in [0.1, 0.15) is 37.1 Å². The zero-order valence-electron chi connectivity index (χ0n) is 14.7. The molecule has 0 amide bonds.